The third-order valence-corrected chi connectivity index (χ3v) is 3.71. The van der Waals surface area contributed by atoms with E-state index in [4.69, 9.17) is 4.74 Å². The maximum absolute atomic E-state index is 12.2. The first-order chi connectivity index (χ1) is 9.89. The number of rotatable bonds is 3. The van der Waals surface area contributed by atoms with Crippen molar-refractivity contribution in [1.29, 1.82) is 0 Å². The molecule has 21 heavy (non-hydrogen) atoms. The van der Waals surface area contributed by atoms with E-state index in [1.807, 2.05) is 39.0 Å². The van der Waals surface area contributed by atoms with Gasteiger partial charge in [0.05, 0.1) is 12.6 Å². The fourth-order valence-electron chi connectivity index (χ4n) is 2.83. The Labute approximate surface area is 126 Å². The summed E-state index contributed by atoms with van der Waals surface area (Å²) in [6, 6.07) is 10.1. The van der Waals surface area contributed by atoms with Gasteiger partial charge in [-0.1, -0.05) is 30.3 Å². The van der Waals surface area contributed by atoms with Crippen LogP contribution in [0.1, 0.15) is 32.8 Å². The van der Waals surface area contributed by atoms with Gasteiger partial charge in [0, 0.05) is 6.54 Å². The smallest absolute Gasteiger partial charge is 0.410 e. The number of nitrogens with zero attached hydrogens (tertiary/aromatic N) is 1. The van der Waals surface area contributed by atoms with E-state index in [9.17, 15) is 9.90 Å². The molecule has 2 rings (SSSR count). The second-order valence-electron chi connectivity index (χ2n) is 6.76. The SMILES string of the molecule is CC(C)(C)OC(=O)N1C[C@@H](Cc2ccccc2)C[C@H]1CO. The van der Waals surface area contributed by atoms with Crippen LogP contribution in [-0.4, -0.2) is 40.9 Å². The van der Waals surface area contributed by atoms with Gasteiger partial charge < -0.3 is 14.7 Å². The van der Waals surface area contributed by atoms with Gasteiger partial charge in [0.1, 0.15) is 5.60 Å². The van der Waals surface area contributed by atoms with Crippen molar-refractivity contribution in [2.24, 2.45) is 5.92 Å². The van der Waals surface area contributed by atoms with Crippen molar-refractivity contribution in [3.05, 3.63) is 35.9 Å². The Morgan fingerprint density at radius 3 is 2.57 bits per heavy atom. The number of carbonyl (C=O) groups excluding carboxylic acids is 1. The van der Waals surface area contributed by atoms with Gasteiger partial charge in [-0.25, -0.2) is 4.79 Å². The van der Waals surface area contributed by atoms with Gasteiger partial charge in [-0.3, -0.25) is 0 Å². The molecule has 2 atom stereocenters. The summed E-state index contributed by atoms with van der Waals surface area (Å²) in [6.45, 7) is 6.21. The molecule has 1 N–H and O–H groups in total. The Hall–Kier alpha value is -1.55. The summed E-state index contributed by atoms with van der Waals surface area (Å²) in [5.74, 6) is 0.372. The lowest BCUT2D eigenvalue weighted by atomic mass is 9.97. The fraction of sp³-hybridized carbons (Fsp3) is 0.588. The molecule has 1 amide bonds. The Bertz CT molecular complexity index is 467. The van der Waals surface area contributed by atoms with E-state index >= 15 is 0 Å². The zero-order chi connectivity index (χ0) is 15.5. The molecular weight excluding hydrogens is 266 g/mol. The van der Waals surface area contributed by atoms with Gasteiger partial charge in [-0.15, -0.1) is 0 Å². The predicted molar refractivity (Wildman–Crippen MR) is 82.1 cm³/mol. The highest BCUT2D eigenvalue weighted by molar-refractivity contribution is 5.69. The molecule has 4 nitrogen and oxygen atoms in total. The van der Waals surface area contributed by atoms with Gasteiger partial charge >= 0.3 is 6.09 Å². The van der Waals surface area contributed by atoms with E-state index in [1.165, 1.54) is 5.56 Å². The first-order valence-corrected chi connectivity index (χ1v) is 7.53. The minimum Gasteiger partial charge on any atom is -0.444 e. The molecule has 0 unspecified atom stereocenters. The molecule has 1 heterocycles. The predicted octanol–water partition coefficient (Wildman–Crippen LogP) is 2.85. The van der Waals surface area contributed by atoms with Crippen LogP contribution in [0.25, 0.3) is 0 Å². The van der Waals surface area contributed by atoms with Crippen LogP contribution in [0.4, 0.5) is 4.79 Å². The molecule has 0 aliphatic carbocycles. The van der Waals surface area contributed by atoms with Crippen LogP contribution in [0.15, 0.2) is 30.3 Å². The van der Waals surface area contributed by atoms with Crippen molar-refractivity contribution in [2.75, 3.05) is 13.2 Å². The number of ether oxygens (including phenoxy) is 1. The molecule has 4 heteroatoms. The number of aliphatic hydroxyl groups is 1. The van der Waals surface area contributed by atoms with Crippen LogP contribution in [0.5, 0.6) is 0 Å². The van der Waals surface area contributed by atoms with Crippen molar-refractivity contribution in [3.8, 4) is 0 Å². The molecule has 1 saturated heterocycles. The van der Waals surface area contributed by atoms with Gasteiger partial charge in [0.15, 0.2) is 0 Å². The Morgan fingerprint density at radius 1 is 1.33 bits per heavy atom. The zero-order valence-electron chi connectivity index (χ0n) is 13.1. The highest BCUT2D eigenvalue weighted by Gasteiger charge is 2.36. The molecule has 0 spiro atoms. The van der Waals surface area contributed by atoms with Crippen molar-refractivity contribution < 1.29 is 14.6 Å². The number of hydrogen-bond donors (Lipinski definition) is 1. The molecule has 0 saturated carbocycles. The molecule has 1 aromatic carbocycles. The lowest BCUT2D eigenvalue weighted by Gasteiger charge is -2.27. The van der Waals surface area contributed by atoms with Crippen LogP contribution >= 0.6 is 0 Å². The molecule has 116 valence electrons. The molecule has 0 bridgehead atoms. The molecule has 1 aliphatic rings. The normalized spacial score (nSPS) is 22.4. The van der Waals surface area contributed by atoms with E-state index in [-0.39, 0.29) is 18.7 Å². The van der Waals surface area contributed by atoms with Gasteiger partial charge in [-0.2, -0.15) is 0 Å². The number of carbonyl (C=O) groups is 1. The van der Waals surface area contributed by atoms with Crippen LogP contribution < -0.4 is 0 Å². The number of likely N-dealkylation sites (tertiary alicyclic amines) is 1. The summed E-state index contributed by atoms with van der Waals surface area (Å²) in [4.78, 5) is 13.9. The van der Waals surface area contributed by atoms with E-state index in [0.29, 0.717) is 12.5 Å². The van der Waals surface area contributed by atoms with Gasteiger partial charge in [-0.05, 0) is 45.1 Å². The topological polar surface area (TPSA) is 49.8 Å². The second kappa shape index (κ2) is 6.48. The number of hydrogen-bond acceptors (Lipinski definition) is 3. The first-order valence-electron chi connectivity index (χ1n) is 7.53. The Kier molecular flexibility index (Phi) is 4.88. The number of benzene rings is 1. The first kappa shape index (κ1) is 15.8. The minimum atomic E-state index is -0.505. The summed E-state index contributed by atoms with van der Waals surface area (Å²) < 4.78 is 5.43. The highest BCUT2D eigenvalue weighted by Crippen LogP contribution is 2.27. The standard InChI is InChI=1S/C17H25NO3/c1-17(2,3)21-16(20)18-11-14(10-15(18)12-19)9-13-7-5-4-6-8-13/h4-8,14-15,19H,9-12H2,1-3H3/t14-,15-/m0/s1. The molecule has 0 radical (unpaired) electrons. The van der Waals surface area contributed by atoms with E-state index in [1.54, 1.807) is 4.90 Å². The maximum atomic E-state index is 12.2. The van der Waals surface area contributed by atoms with E-state index in [0.717, 1.165) is 12.8 Å². The van der Waals surface area contributed by atoms with Crippen LogP contribution in [0, 0.1) is 5.92 Å². The van der Waals surface area contributed by atoms with E-state index < -0.39 is 5.60 Å². The largest absolute Gasteiger partial charge is 0.444 e. The average Bonchev–Trinajstić information content (AvgIpc) is 2.81. The zero-order valence-corrected chi connectivity index (χ0v) is 13.1. The van der Waals surface area contributed by atoms with Crippen LogP contribution in [-0.2, 0) is 11.2 Å². The van der Waals surface area contributed by atoms with Crippen LogP contribution in [0.2, 0.25) is 0 Å². The van der Waals surface area contributed by atoms with Crippen molar-refractivity contribution >= 4 is 6.09 Å². The monoisotopic (exact) mass is 291 g/mol. The third kappa shape index (κ3) is 4.46. The number of aliphatic hydroxyl groups excluding tert-OH is 1. The summed E-state index contributed by atoms with van der Waals surface area (Å²) >= 11 is 0. The maximum Gasteiger partial charge on any atom is 0.410 e. The Morgan fingerprint density at radius 2 is 2.00 bits per heavy atom. The fourth-order valence-corrected chi connectivity index (χ4v) is 2.83. The highest BCUT2D eigenvalue weighted by atomic mass is 16.6. The molecule has 1 fully saturated rings. The Balaban J connectivity index is 1.99. The second-order valence-corrected chi connectivity index (χ2v) is 6.76. The van der Waals surface area contributed by atoms with E-state index in [2.05, 4.69) is 12.1 Å². The summed E-state index contributed by atoms with van der Waals surface area (Å²) in [6.07, 6.45) is 1.43. The summed E-state index contributed by atoms with van der Waals surface area (Å²) in [5, 5.41) is 9.52. The third-order valence-electron chi connectivity index (χ3n) is 3.71. The average molecular weight is 291 g/mol. The van der Waals surface area contributed by atoms with Crippen molar-refractivity contribution in [3.63, 3.8) is 0 Å². The lowest BCUT2D eigenvalue weighted by molar-refractivity contribution is 0.0172. The molecule has 1 aromatic rings. The summed E-state index contributed by atoms with van der Waals surface area (Å²) in [7, 11) is 0. The van der Waals surface area contributed by atoms with Crippen LogP contribution in [0.3, 0.4) is 0 Å². The quantitative estimate of drug-likeness (QED) is 0.931. The lowest BCUT2D eigenvalue weighted by Crippen LogP contribution is -2.41. The molecular formula is C17H25NO3. The van der Waals surface area contributed by atoms with Crippen molar-refractivity contribution in [1.82, 2.24) is 4.90 Å². The van der Waals surface area contributed by atoms with Gasteiger partial charge in [0.25, 0.3) is 0 Å². The molecule has 0 aromatic heterocycles. The summed E-state index contributed by atoms with van der Waals surface area (Å²) in [5.41, 5.74) is 0.763. The van der Waals surface area contributed by atoms with Gasteiger partial charge in [0.2, 0.25) is 0 Å². The van der Waals surface area contributed by atoms with Crippen molar-refractivity contribution in [2.45, 2.75) is 45.3 Å². The minimum absolute atomic E-state index is 0.00939. The number of amides is 1. The molecule has 1 aliphatic heterocycles.